The van der Waals surface area contributed by atoms with E-state index in [-0.39, 0.29) is 5.56 Å². The Morgan fingerprint density at radius 1 is 1.13 bits per heavy atom. The molecular weight excluding hydrogens is 383 g/mol. The lowest BCUT2D eigenvalue weighted by atomic mass is 10.1. The van der Waals surface area contributed by atoms with Crippen molar-refractivity contribution in [3.63, 3.8) is 0 Å². The minimum absolute atomic E-state index is 0.124. The van der Waals surface area contributed by atoms with Crippen molar-refractivity contribution < 1.29 is 9.18 Å². The molecule has 0 atom stereocenters. The highest BCUT2D eigenvalue weighted by Gasteiger charge is 2.18. The van der Waals surface area contributed by atoms with Crippen molar-refractivity contribution in [3.05, 3.63) is 77.0 Å². The van der Waals surface area contributed by atoms with Gasteiger partial charge in [-0.15, -0.1) is 0 Å². The second-order valence-electron chi connectivity index (χ2n) is 6.94. The van der Waals surface area contributed by atoms with Gasteiger partial charge in [0.25, 0.3) is 0 Å². The number of carbonyl (C=O) groups excluding carboxylic acids is 1. The number of benzene rings is 2. The van der Waals surface area contributed by atoms with E-state index >= 15 is 0 Å². The number of nitrogens with two attached hydrogens (primary N) is 1. The first-order valence-electron chi connectivity index (χ1n) is 9.60. The summed E-state index contributed by atoms with van der Waals surface area (Å²) >= 11 is 0. The van der Waals surface area contributed by atoms with Gasteiger partial charge in [-0.3, -0.25) is 9.36 Å². The van der Waals surface area contributed by atoms with Gasteiger partial charge in [-0.05, 0) is 30.7 Å². The van der Waals surface area contributed by atoms with Gasteiger partial charge < -0.3 is 11.1 Å². The van der Waals surface area contributed by atoms with E-state index in [0.717, 1.165) is 17.3 Å². The molecule has 4 rings (SSSR count). The average molecular weight is 404 g/mol. The highest BCUT2D eigenvalue weighted by Crippen LogP contribution is 2.27. The molecule has 0 saturated carbocycles. The van der Waals surface area contributed by atoms with Crippen LogP contribution >= 0.6 is 0 Å². The van der Waals surface area contributed by atoms with Crippen molar-refractivity contribution >= 4 is 22.8 Å². The number of hydrogen-bond acceptors (Lipinski definition) is 5. The van der Waals surface area contributed by atoms with Crippen molar-refractivity contribution in [1.82, 2.24) is 19.5 Å². The first kappa shape index (κ1) is 19.5. The molecule has 4 aromatic rings. The zero-order chi connectivity index (χ0) is 21.3. The first-order chi connectivity index (χ1) is 14.5. The number of nitrogens with one attached hydrogen (secondary N) is 1. The van der Waals surface area contributed by atoms with E-state index < -0.39 is 11.7 Å². The number of aryl methyl sites for hydroxylation is 2. The van der Waals surface area contributed by atoms with E-state index in [9.17, 15) is 9.18 Å². The van der Waals surface area contributed by atoms with Crippen LogP contribution in [0.4, 0.5) is 10.3 Å². The third-order valence-electron chi connectivity index (χ3n) is 4.81. The first-order valence-corrected chi connectivity index (χ1v) is 9.60. The van der Waals surface area contributed by atoms with E-state index in [1.165, 1.54) is 6.07 Å². The summed E-state index contributed by atoms with van der Waals surface area (Å²) in [5.41, 5.74) is 7.89. The Kier molecular flexibility index (Phi) is 5.14. The largest absolute Gasteiger partial charge is 0.366 e. The maximum absolute atomic E-state index is 14.2. The van der Waals surface area contributed by atoms with Gasteiger partial charge in [0.2, 0.25) is 17.8 Å². The quantitative estimate of drug-likeness (QED) is 0.512. The van der Waals surface area contributed by atoms with Crippen molar-refractivity contribution in [2.75, 3.05) is 5.32 Å². The Morgan fingerprint density at radius 2 is 1.90 bits per heavy atom. The van der Waals surface area contributed by atoms with Crippen molar-refractivity contribution in [3.8, 4) is 5.95 Å². The van der Waals surface area contributed by atoms with E-state index in [0.29, 0.717) is 41.6 Å². The molecule has 2 aromatic carbocycles. The summed E-state index contributed by atoms with van der Waals surface area (Å²) in [5.74, 6) is 0.136. The number of aromatic nitrogens is 4. The van der Waals surface area contributed by atoms with Gasteiger partial charge in [0.15, 0.2) is 0 Å². The van der Waals surface area contributed by atoms with Crippen molar-refractivity contribution in [2.24, 2.45) is 5.73 Å². The summed E-state index contributed by atoms with van der Waals surface area (Å²) in [6.07, 6.45) is 0.606. The van der Waals surface area contributed by atoms with Crippen LogP contribution in [0, 0.1) is 12.7 Å². The van der Waals surface area contributed by atoms with Crippen LogP contribution in [0.2, 0.25) is 0 Å². The minimum atomic E-state index is -0.688. The highest BCUT2D eigenvalue weighted by molar-refractivity contribution is 6.06. The predicted molar refractivity (Wildman–Crippen MR) is 113 cm³/mol. The van der Waals surface area contributed by atoms with Gasteiger partial charge in [-0.2, -0.15) is 15.0 Å². The molecule has 0 bridgehead atoms. The van der Waals surface area contributed by atoms with Crippen LogP contribution in [-0.2, 0) is 13.0 Å². The van der Waals surface area contributed by atoms with Gasteiger partial charge >= 0.3 is 0 Å². The summed E-state index contributed by atoms with van der Waals surface area (Å²) in [5, 5.41) is 3.78. The van der Waals surface area contributed by atoms with E-state index in [2.05, 4.69) is 20.3 Å². The summed E-state index contributed by atoms with van der Waals surface area (Å²) in [6.45, 7) is 4.35. The second-order valence-corrected chi connectivity index (χ2v) is 6.94. The summed E-state index contributed by atoms with van der Waals surface area (Å²) < 4.78 is 15.9. The lowest BCUT2D eigenvalue weighted by Gasteiger charge is -2.11. The Hall–Kier alpha value is -3.81. The molecule has 2 heterocycles. The number of anilines is 1. The van der Waals surface area contributed by atoms with Gasteiger partial charge in [-0.1, -0.05) is 37.3 Å². The number of primary amides is 1. The maximum Gasteiger partial charge on any atom is 0.249 e. The Labute approximate surface area is 172 Å². The molecule has 0 radical (unpaired) electrons. The van der Waals surface area contributed by atoms with Crippen LogP contribution < -0.4 is 11.1 Å². The minimum Gasteiger partial charge on any atom is -0.366 e. The fourth-order valence-electron chi connectivity index (χ4n) is 3.39. The molecule has 30 heavy (non-hydrogen) atoms. The summed E-state index contributed by atoms with van der Waals surface area (Å²) in [7, 11) is 0. The fourth-order valence-corrected chi connectivity index (χ4v) is 3.39. The molecule has 0 aliphatic carbocycles. The van der Waals surface area contributed by atoms with Crippen LogP contribution in [0.1, 0.15) is 34.4 Å². The number of rotatable bonds is 6. The number of halogens is 1. The number of carbonyl (C=O) groups is 1. The Bertz CT molecular complexity index is 1240. The molecule has 7 nitrogen and oxygen atoms in total. The molecule has 0 unspecified atom stereocenters. The number of nitrogens with zero attached hydrogens (tertiary/aromatic N) is 4. The average Bonchev–Trinajstić information content (AvgIpc) is 3.07. The Balaban J connectivity index is 1.81. The molecular formula is C22H21FN6O. The van der Waals surface area contributed by atoms with Crippen LogP contribution in [0.25, 0.3) is 16.9 Å². The zero-order valence-electron chi connectivity index (χ0n) is 16.7. The normalized spacial score (nSPS) is 11.0. The zero-order valence-corrected chi connectivity index (χ0v) is 16.7. The SMILES string of the molecule is CCc1nc(NCc2ccccc2)nc(-n2c(C)cc3c(C(N)=O)cc(F)cc32)n1. The third-order valence-corrected chi connectivity index (χ3v) is 4.81. The topological polar surface area (TPSA) is 98.7 Å². The smallest absolute Gasteiger partial charge is 0.249 e. The van der Waals surface area contributed by atoms with Crippen molar-refractivity contribution in [2.45, 2.75) is 26.8 Å². The molecule has 0 spiro atoms. The van der Waals surface area contributed by atoms with Crippen LogP contribution in [0.15, 0.2) is 48.5 Å². The van der Waals surface area contributed by atoms with Gasteiger partial charge in [-0.25, -0.2) is 4.39 Å². The standard InChI is InChI=1S/C22H21FN6O/c1-3-19-26-21(25-12-14-7-5-4-6-8-14)28-22(27-19)29-13(2)9-16-17(20(24)30)10-15(23)11-18(16)29/h4-11H,3,12H2,1-2H3,(H2,24,30)(H,25,26,27,28). The predicted octanol–water partition coefficient (Wildman–Crippen LogP) is 3.54. The fraction of sp³-hybridized carbons (Fsp3) is 0.182. The summed E-state index contributed by atoms with van der Waals surface area (Å²) in [6, 6.07) is 14.2. The molecule has 3 N–H and O–H groups in total. The monoisotopic (exact) mass is 404 g/mol. The van der Waals surface area contributed by atoms with Crippen LogP contribution in [0.5, 0.6) is 0 Å². The second kappa shape index (κ2) is 7.90. The van der Waals surface area contributed by atoms with Crippen LogP contribution in [-0.4, -0.2) is 25.4 Å². The lowest BCUT2D eigenvalue weighted by molar-refractivity contribution is 0.100. The maximum atomic E-state index is 14.2. The van der Waals surface area contributed by atoms with Gasteiger partial charge in [0.1, 0.15) is 11.6 Å². The lowest BCUT2D eigenvalue weighted by Crippen LogP contribution is -2.13. The number of amides is 1. The van der Waals surface area contributed by atoms with E-state index in [1.807, 2.05) is 44.2 Å². The van der Waals surface area contributed by atoms with E-state index in [4.69, 9.17) is 5.73 Å². The molecule has 1 amide bonds. The van der Waals surface area contributed by atoms with Gasteiger partial charge in [0, 0.05) is 24.0 Å². The molecule has 8 heteroatoms. The van der Waals surface area contributed by atoms with Crippen LogP contribution in [0.3, 0.4) is 0 Å². The molecule has 152 valence electrons. The number of fused-ring (bicyclic) bond motifs is 1. The molecule has 0 aliphatic heterocycles. The number of hydrogen-bond donors (Lipinski definition) is 2. The molecule has 0 fully saturated rings. The molecule has 2 aromatic heterocycles. The molecule has 0 saturated heterocycles. The third kappa shape index (κ3) is 3.71. The van der Waals surface area contributed by atoms with E-state index in [1.54, 1.807) is 10.6 Å². The summed E-state index contributed by atoms with van der Waals surface area (Å²) in [4.78, 5) is 25.3. The van der Waals surface area contributed by atoms with Crippen molar-refractivity contribution in [1.29, 1.82) is 0 Å². The van der Waals surface area contributed by atoms with Gasteiger partial charge in [0.05, 0.1) is 11.1 Å². The Morgan fingerprint density at radius 3 is 2.60 bits per heavy atom. The molecule has 0 aliphatic rings. The highest BCUT2D eigenvalue weighted by atomic mass is 19.1.